The first kappa shape index (κ1) is 21.4. The highest BCUT2D eigenvalue weighted by Crippen LogP contribution is 2.37. The Balaban J connectivity index is 2.35. The van der Waals surface area contributed by atoms with Crippen molar-refractivity contribution in [2.45, 2.75) is 73.5 Å². The van der Waals surface area contributed by atoms with Gasteiger partial charge in [0, 0.05) is 12.8 Å². The fourth-order valence-electron chi connectivity index (χ4n) is 3.25. The number of hydrogen-bond donors (Lipinski definition) is 1. The average molecular weight is 372 g/mol. The van der Waals surface area contributed by atoms with Crippen LogP contribution in [0.3, 0.4) is 0 Å². The van der Waals surface area contributed by atoms with E-state index < -0.39 is 0 Å². The van der Waals surface area contributed by atoms with Crippen molar-refractivity contribution in [2.75, 3.05) is 0 Å². The van der Waals surface area contributed by atoms with E-state index in [0.717, 1.165) is 17.7 Å². The van der Waals surface area contributed by atoms with Crippen LogP contribution in [0.1, 0.15) is 66.4 Å². The Hall–Kier alpha value is -1.94. The molecule has 0 spiro atoms. The van der Waals surface area contributed by atoms with E-state index in [2.05, 4.69) is 13.8 Å². The molecule has 4 nitrogen and oxygen atoms in total. The van der Waals surface area contributed by atoms with E-state index >= 15 is 0 Å². The highest BCUT2D eigenvalue weighted by atomic mass is 16.5. The number of aliphatic hydroxyl groups is 1. The molecule has 148 valence electrons. The smallest absolute Gasteiger partial charge is 0.168 e. The minimum atomic E-state index is -0.205. The van der Waals surface area contributed by atoms with Crippen LogP contribution in [0.2, 0.25) is 0 Å². The van der Waals surface area contributed by atoms with Gasteiger partial charge in [-0.25, -0.2) is 0 Å². The Morgan fingerprint density at radius 2 is 1.81 bits per heavy atom. The topological polar surface area (TPSA) is 58.9 Å². The third-order valence-electron chi connectivity index (χ3n) is 4.96. The van der Waals surface area contributed by atoms with Gasteiger partial charge in [0.1, 0.15) is 5.76 Å². The monoisotopic (exact) mass is 371 g/mol. The number of hydrogen-bond acceptors (Lipinski definition) is 4. The maximum absolute atomic E-state index is 12.8. The molecule has 4 heteroatoms. The Morgan fingerprint density at radius 1 is 1.19 bits per heavy atom. The number of carbonyl (C=O) groups excluding carboxylic acids is 1. The number of carbonyl (C=O) groups is 1. The van der Waals surface area contributed by atoms with Crippen molar-refractivity contribution in [1.82, 2.24) is 0 Å². The molecule has 1 atom stereocenters. The minimum absolute atomic E-state index is 0.00949. The molecule has 0 saturated heterocycles. The van der Waals surface area contributed by atoms with Crippen molar-refractivity contribution in [3.8, 4) is 0 Å². The van der Waals surface area contributed by atoms with Crippen molar-refractivity contribution in [2.24, 2.45) is 16.3 Å². The Morgan fingerprint density at radius 3 is 2.33 bits per heavy atom. The van der Waals surface area contributed by atoms with Crippen LogP contribution in [0.25, 0.3) is 0 Å². The SMILES string of the molecule is CCC(C)C(=Nc1ccc(COC(C)C)cc1)C1=C(O)CC(C)(C)CC1=O. The van der Waals surface area contributed by atoms with E-state index in [4.69, 9.17) is 9.73 Å². The number of Topliss-reactive ketones (excluding diaryl/α,β-unsaturated/α-hetero) is 1. The molecule has 1 unspecified atom stereocenters. The predicted octanol–water partition coefficient (Wildman–Crippen LogP) is 5.93. The lowest BCUT2D eigenvalue weighted by Gasteiger charge is -2.31. The van der Waals surface area contributed by atoms with E-state index in [1.54, 1.807) is 0 Å². The predicted molar refractivity (Wildman–Crippen MR) is 111 cm³/mol. The zero-order valence-electron chi connectivity index (χ0n) is 17.5. The standard InChI is InChI=1S/C23H33NO3/c1-7-16(4)22(21-19(25)12-23(5,6)13-20(21)26)24-18-10-8-17(9-11-18)14-27-15(2)3/h8-11,15-16,25H,7,12-14H2,1-6H3. The van der Waals surface area contributed by atoms with Crippen LogP contribution in [-0.2, 0) is 16.1 Å². The van der Waals surface area contributed by atoms with E-state index in [1.165, 1.54) is 0 Å². The van der Waals surface area contributed by atoms with Gasteiger partial charge in [-0.3, -0.25) is 9.79 Å². The van der Waals surface area contributed by atoms with E-state index in [0.29, 0.717) is 30.7 Å². The molecule has 1 aromatic carbocycles. The summed E-state index contributed by atoms with van der Waals surface area (Å²) in [6.45, 7) is 12.7. The third-order valence-corrected chi connectivity index (χ3v) is 4.96. The van der Waals surface area contributed by atoms with Crippen LogP contribution in [0.4, 0.5) is 5.69 Å². The van der Waals surface area contributed by atoms with Gasteiger partial charge in [0.25, 0.3) is 0 Å². The summed E-state index contributed by atoms with van der Waals surface area (Å²) in [5, 5.41) is 10.6. The molecule has 1 aliphatic carbocycles. The number of allylic oxidation sites excluding steroid dienone is 2. The molecule has 0 amide bonds. The molecule has 27 heavy (non-hydrogen) atoms. The zero-order valence-corrected chi connectivity index (χ0v) is 17.5. The third kappa shape index (κ3) is 5.77. The Bertz CT molecular complexity index is 726. The highest BCUT2D eigenvalue weighted by Gasteiger charge is 2.36. The van der Waals surface area contributed by atoms with Crippen LogP contribution < -0.4 is 0 Å². The van der Waals surface area contributed by atoms with Crippen molar-refractivity contribution in [3.05, 3.63) is 41.2 Å². The summed E-state index contributed by atoms with van der Waals surface area (Å²) in [5.41, 5.74) is 2.79. The van der Waals surface area contributed by atoms with Crippen molar-refractivity contribution in [3.63, 3.8) is 0 Å². The first-order chi connectivity index (χ1) is 12.6. The van der Waals surface area contributed by atoms with Crippen molar-refractivity contribution >= 4 is 17.2 Å². The van der Waals surface area contributed by atoms with Gasteiger partial charge in [0.05, 0.1) is 29.7 Å². The Kier molecular flexibility index (Phi) is 6.99. The summed E-state index contributed by atoms with van der Waals surface area (Å²) < 4.78 is 5.63. The van der Waals surface area contributed by atoms with Gasteiger partial charge in [-0.05, 0) is 49.3 Å². The molecule has 0 fully saturated rings. The van der Waals surface area contributed by atoms with E-state index in [-0.39, 0.29) is 29.0 Å². The number of ether oxygens (including phenoxy) is 1. The van der Waals surface area contributed by atoms with Gasteiger partial charge in [-0.2, -0.15) is 0 Å². The lowest BCUT2D eigenvalue weighted by molar-refractivity contribution is -0.118. The molecule has 1 aromatic rings. The molecule has 2 rings (SSSR count). The van der Waals surface area contributed by atoms with Crippen LogP contribution in [0.15, 0.2) is 40.6 Å². The fraction of sp³-hybridized carbons (Fsp3) is 0.565. The summed E-state index contributed by atoms with van der Waals surface area (Å²) in [4.78, 5) is 17.5. The summed E-state index contributed by atoms with van der Waals surface area (Å²) in [6.07, 6.45) is 1.99. The van der Waals surface area contributed by atoms with Gasteiger partial charge in [0.2, 0.25) is 0 Å². The number of benzene rings is 1. The second-order valence-electron chi connectivity index (χ2n) is 8.60. The molecule has 1 N–H and O–H groups in total. The zero-order chi connectivity index (χ0) is 20.2. The number of ketones is 1. The van der Waals surface area contributed by atoms with Crippen molar-refractivity contribution in [1.29, 1.82) is 0 Å². The number of nitrogens with zero attached hydrogens (tertiary/aromatic N) is 1. The number of rotatable bonds is 7. The normalized spacial score (nSPS) is 18.9. The second-order valence-corrected chi connectivity index (χ2v) is 8.60. The van der Waals surface area contributed by atoms with E-state index in [1.807, 2.05) is 52.0 Å². The maximum atomic E-state index is 12.8. The first-order valence-corrected chi connectivity index (χ1v) is 9.87. The van der Waals surface area contributed by atoms with Gasteiger partial charge in [0.15, 0.2) is 5.78 Å². The molecular weight excluding hydrogens is 338 g/mol. The van der Waals surface area contributed by atoms with Gasteiger partial charge < -0.3 is 9.84 Å². The molecule has 0 radical (unpaired) electrons. The molecular formula is C23H33NO3. The second kappa shape index (κ2) is 8.83. The largest absolute Gasteiger partial charge is 0.511 e. The molecule has 0 aromatic heterocycles. The molecule has 0 saturated carbocycles. The van der Waals surface area contributed by atoms with Crippen molar-refractivity contribution < 1.29 is 14.6 Å². The summed E-state index contributed by atoms with van der Waals surface area (Å²) in [5.74, 6) is 0.262. The summed E-state index contributed by atoms with van der Waals surface area (Å²) in [6, 6.07) is 7.87. The summed E-state index contributed by atoms with van der Waals surface area (Å²) >= 11 is 0. The van der Waals surface area contributed by atoms with Gasteiger partial charge in [-0.15, -0.1) is 0 Å². The van der Waals surface area contributed by atoms with Crippen LogP contribution >= 0.6 is 0 Å². The first-order valence-electron chi connectivity index (χ1n) is 9.87. The number of aliphatic imine (C=N–C) groups is 1. The quantitative estimate of drug-likeness (QED) is 0.604. The maximum Gasteiger partial charge on any atom is 0.168 e. The minimum Gasteiger partial charge on any atom is -0.511 e. The Labute approximate surface area is 163 Å². The highest BCUT2D eigenvalue weighted by molar-refractivity contribution is 6.24. The van der Waals surface area contributed by atoms with E-state index in [9.17, 15) is 9.90 Å². The lowest BCUT2D eigenvalue weighted by atomic mass is 9.74. The molecule has 0 aliphatic heterocycles. The number of aliphatic hydroxyl groups excluding tert-OH is 1. The molecule has 0 bridgehead atoms. The van der Waals surface area contributed by atoms with Crippen LogP contribution in [-0.4, -0.2) is 22.7 Å². The van der Waals surface area contributed by atoms with Gasteiger partial charge in [-0.1, -0.05) is 39.8 Å². The molecule has 0 heterocycles. The summed E-state index contributed by atoms with van der Waals surface area (Å²) in [7, 11) is 0. The average Bonchev–Trinajstić information content (AvgIpc) is 2.57. The molecule has 1 aliphatic rings. The lowest BCUT2D eigenvalue weighted by Crippen LogP contribution is -2.31. The van der Waals surface area contributed by atoms with Gasteiger partial charge >= 0.3 is 0 Å². The fourth-order valence-corrected chi connectivity index (χ4v) is 3.25. The van der Waals surface area contributed by atoms with Crippen LogP contribution in [0.5, 0.6) is 0 Å². The van der Waals surface area contributed by atoms with Crippen LogP contribution in [0, 0.1) is 11.3 Å².